The summed E-state index contributed by atoms with van der Waals surface area (Å²) in [5.74, 6) is -2.80. The van der Waals surface area contributed by atoms with Gasteiger partial charge in [0.1, 0.15) is 11.2 Å². The molecule has 0 saturated heterocycles. The van der Waals surface area contributed by atoms with Gasteiger partial charge in [0, 0.05) is 16.7 Å². The highest BCUT2D eigenvalue weighted by atomic mass is 32.2. The van der Waals surface area contributed by atoms with E-state index >= 15 is 0 Å². The van der Waals surface area contributed by atoms with Gasteiger partial charge in [-0.05, 0) is 25.1 Å². The molecule has 1 N–H and O–H groups in total. The van der Waals surface area contributed by atoms with Gasteiger partial charge in [-0.3, -0.25) is 4.79 Å². The fraction of sp³-hybridized carbons (Fsp3) is 0.174. The number of Topliss-reactive ketones (excluding diaryl/α,β-unsaturated/α-hetero) is 1. The Bertz CT molecular complexity index is 1270. The van der Waals surface area contributed by atoms with Crippen molar-refractivity contribution in [1.82, 2.24) is 0 Å². The molecule has 0 amide bonds. The summed E-state index contributed by atoms with van der Waals surface area (Å²) in [5, 5.41) is 11.7. The maximum Gasteiger partial charge on any atom is 0.254 e. The van der Waals surface area contributed by atoms with Crippen molar-refractivity contribution < 1.29 is 23.1 Å². The lowest BCUT2D eigenvalue weighted by Crippen LogP contribution is -2.53. The topological polar surface area (TPSA) is 80.7 Å². The molecule has 1 heterocycles. The molecule has 2 aliphatic rings. The van der Waals surface area contributed by atoms with E-state index in [1.165, 1.54) is 12.1 Å². The number of sulfone groups is 1. The number of ether oxygens (including phenoxy) is 1. The molecule has 5 rings (SSSR count). The first kappa shape index (κ1) is 18.1. The summed E-state index contributed by atoms with van der Waals surface area (Å²) in [7, 11) is -3.91. The van der Waals surface area contributed by atoms with E-state index in [0.717, 1.165) is 5.56 Å². The minimum absolute atomic E-state index is 0.0987. The van der Waals surface area contributed by atoms with Crippen LogP contribution < -0.4 is 4.74 Å². The molecule has 2 unspecified atom stereocenters. The second kappa shape index (κ2) is 5.78. The van der Waals surface area contributed by atoms with E-state index in [4.69, 9.17) is 4.74 Å². The molecule has 5 nitrogen and oxygen atoms in total. The number of hydrogen-bond acceptors (Lipinski definition) is 5. The molecule has 3 aromatic carbocycles. The number of carbonyl (C=O) groups excluding carboxylic acids is 1. The molecule has 3 aromatic rings. The first-order valence-electron chi connectivity index (χ1n) is 9.24. The first-order chi connectivity index (χ1) is 13.8. The summed E-state index contributed by atoms with van der Waals surface area (Å²) in [6.07, 6.45) is 0. The quantitative estimate of drug-likeness (QED) is 0.723. The highest BCUT2D eigenvalue weighted by molar-refractivity contribution is 7.91. The third-order valence-corrected chi connectivity index (χ3v) is 7.67. The van der Waals surface area contributed by atoms with Crippen LogP contribution in [0.15, 0.2) is 77.7 Å². The number of aliphatic hydroxyl groups is 1. The van der Waals surface area contributed by atoms with Crippen molar-refractivity contribution in [3.63, 3.8) is 0 Å². The summed E-state index contributed by atoms with van der Waals surface area (Å²) in [5.41, 5.74) is 0.0530. The average Bonchev–Trinajstić information content (AvgIpc) is 3.06. The Labute approximate surface area is 168 Å². The molecule has 1 aliphatic carbocycles. The second-order valence-electron chi connectivity index (χ2n) is 7.60. The molecule has 0 bridgehead atoms. The summed E-state index contributed by atoms with van der Waals surface area (Å²) < 4.78 is 32.6. The largest absolute Gasteiger partial charge is 0.456 e. The van der Waals surface area contributed by atoms with Crippen molar-refractivity contribution in [1.29, 1.82) is 0 Å². The number of hydrogen-bond donors (Lipinski definition) is 1. The fourth-order valence-electron chi connectivity index (χ4n) is 4.50. The van der Waals surface area contributed by atoms with E-state index in [0.29, 0.717) is 16.9 Å². The van der Waals surface area contributed by atoms with Gasteiger partial charge < -0.3 is 9.84 Å². The lowest BCUT2D eigenvalue weighted by atomic mass is 9.75. The maximum atomic E-state index is 13.7. The van der Waals surface area contributed by atoms with E-state index in [-0.39, 0.29) is 10.5 Å². The van der Waals surface area contributed by atoms with Crippen molar-refractivity contribution in [3.05, 3.63) is 95.1 Å². The number of aryl methyl sites for hydroxylation is 1. The van der Waals surface area contributed by atoms with Crippen LogP contribution in [0.5, 0.6) is 5.75 Å². The normalized spacial score (nSPS) is 24.6. The highest BCUT2D eigenvalue weighted by Crippen LogP contribution is 2.60. The van der Waals surface area contributed by atoms with Gasteiger partial charge in [-0.1, -0.05) is 60.2 Å². The molecule has 146 valence electrons. The predicted octanol–water partition coefficient (Wildman–Crippen LogP) is 3.14. The Hall–Kier alpha value is -2.96. The van der Waals surface area contributed by atoms with E-state index < -0.39 is 32.6 Å². The smallest absolute Gasteiger partial charge is 0.254 e. The first-order valence-corrected chi connectivity index (χ1v) is 10.9. The highest BCUT2D eigenvalue weighted by Gasteiger charge is 2.71. The molecule has 0 spiro atoms. The lowest BCUT2D eigenvalue weighted by molar-refractivity contribution is -0.158. The number of ketones is 1. The third kappa shape index (κ3) is 2.24. The van der Waals surface area contributed by atoms with Crippen molar-refractivity contribution in [3.8, 4) is 5.75 Å². The molecule has 29 heavy (non-hydrogen) atoms. The molecule has 0 aromatic heterocycles. The Morgan fingerprint density at radius 2 is 1.62 bits per heavy atom. The van der Waals surface area contributed by atoms with E-state index in [9.17, 15) is 18.3 Å². The molecule has 6 heteroatoms. The van der Waals surface area contributed by atoms with Crippen molar-refractivity contribution in [2.24, 2.45) is 0 Å². The van der Waals surface area contributed by atoms with Crippen molar-refractivity contribution in [2.45, 2.75) is 23.0 Å². The zero-order valence-electron chi connectivity index (χ0n) is 15.6. The van der Waals surface area contributed by atoms with Crippen molar-refractivity contribution in [2.75, 3.05) is 5.75 Å². The Balaban J connectivity index is 1.80. The van der Waals surface area contributed by atoms with Crippen molar-refractivity contribution >= 4 is 15.6 Å². The second-order valence-corrected chi connectivity index (χ2v) is 9.59. The van der Waals surface area contributed by atoms with Gasteiger partial charge >= 0.3 is 0 Å². The summed E-state index contributed by atoms with van der Waals surface area (Å²) in [4.78, 5) is 13.8. The molecule has 0 saturated carbocycles. The van der Waals surface area contributed by atoms with Gasteiger partial charge in [0.05, 0.1) is 10.6 Å². The zero-order chi connectivity index (χ0) is 20.4. The van der Waals surface area contributed by atoms with Gasteiger partial charge in [0.2, 0.25) is 0 Å². The Morgan fingerprint density at radius 1 is 0.931 bits per heavy atom. The predicted molar refractivity (Wildman–Crippen MR) is 107 cm³/mol. The third-order valence-electron chi connectivity index (χ3n) is 5.86. The van der Waals surface area contributed by atoms with E-state index in [1.54, 1.807) is 60.7 Å². The Morgan fingerprint density at radius 3 is 2.38 bits per heavy atom. The minimum atomic E-state index is -3.91. The van der Waals surface area contributed by atoms with Gasteiger partial charge in [0.15, 0.2) is 15.6 Å². The van der Waals surface area contributed by atoms with Crippen LogP contribution in [0.25, 0.3) is 0 Å². The summed E-state index contributed by atoms with van der Waals surface area (Å²) in [6, 6.07) is 19.8. The molecule has 1 aliphatic heterocycles. The van der Waals surface area contributed by atoms with Crippen LogP contribution in [0.4, 0.5) is 0 Å². The van der Waals surface area contributed by atoms with Crippen LogP contribution in [-0.4, -0.2) is 25.1 Å². The lowest BCUT2D eigenvalue weighted by Gasteiger charge is -2.33. The van der Waals surface area contributed by atoms with E-state index in [1.807, 2.05) is 6.92 Å². The monoisotopic (exact) mass is 406 g/mol. The van der Waals surface area contributed by atoms with Crippen LogP contribution in [0.2, 0.25) is 0 Å². The number of carbonyl (C=O) groups is 1. The zero-order valence-corrected chi connectivity index (χ0v) is 16.4. The van der Waals surface area contributed by atoms with Crippen LogP contribution in [0.1, 0.15) is 27.0 Å². The molecular formula is C23H18O5S. The molecule has 0 radical (unpaired) electrons. The van der Waals surface area contributed by atoms with Crippen LogP contribution in [0, 0.1) is 6.92 Å². The number of fused-ring (bicyclic) bond motifs is 5. The maximum absolute atomic E-state index is 13.7. The van der Waals surface area contributed by atoms with Crippen LogP contribution >= 0.6 is 0 Å². The average molecular weight is 406 g/mol. The van der Waals surface area contributed by atoms with Crippen LogP contribution in [0.3, 0.4) is 0 Å². The minimum Gasteiger partial charge on any atom is -0.456 e. The van der Waals surface area contributed by atoms with Crippen LogP contribution in [-0.2, 0) is 21.0 Å². The summed E-state index contributed by atoms with van der Waals surface area (Å²) in [6.45, 7) is 1.85. The Kier molecular flexibility index (Phi) is 3.61. The van der Waals surface area contributed by atoms with Gasteiger partial charge in [0.25, 0.3) is 5.79 Å². The fourth-order valence-corrected chi connectivity index (χ4v) is 6.29. The van der Waals surface area contributed by atoms with E-state index in [2.05, 4.69) is 0 Å². The number of benzene rings is 3. The van der Waals surface area contributed by atoms with Gasteiger partial charge in [-0.25, -0.2) is 8.42 Å². The molecular weight excluding hydrogens is 388 g/mol. The SMILES string of the molecule is Cc1ccc2c(c1)C1(CS(=O)(=O)c3ccccc3)C(=O)c3ccccc3C1(O)O2. The summed E-state index contributed by atoms with van der Waals surface area (Å²) >= 11 is 0. The standard InChI is InChI=1S/C23H18O5S/c1-15-11-12-20-19(13-15)22(14-29(26,27)16-7-3-2-4-8-16)21(24)17-9-5-6-10-18(17)23(22,25)28-20/h2-13,25H,14H2,1H3. The number of rotatable bonds is 3. The van der Waals surface area contributed by atoms with Gasteiger partial charge in [-0.15, -0.1) is 0 Å². The molecule has 2 atom stereocenters. The molecule has 0 fully saturated rings. The van der Waals surface area contributed by atoms with Gasteiger partial charge in [-0.2, -0.15) is 0 Å².